The zero-order valence-electron chi connectivity index (χ0n) is 10.5. The van der Waals surface area contributed by atoms with Gasteiger partial charge < -0.3 is 5.32 Å². The van der Waals surface area contributed by atoms with Gasteiger partial charge in [-0.15, -0.1) is 11.3 Å². The summed E-state index contributed by atoms with van der Waals surface area (Å²) in [5.41, 5.74) is 1.37. The molecule has 2 rings (SSSR count). The Balaban J connectivity index is 2.15. The molecular weight excluding hydrogens is 216 g/mol. The second-order valence-corrected chi connectivity index (χ2v) is 5.81. The Morgan fingerprint density at radius 2 is 2.31 bits per heavy atom. The molecule has 16 heavy (non-hydrogen) atoms. The van der Waals surface area contributed by atoms with Crippen molar-refractivity contribution in [2.75, 3.05) is 0 Å². The largest absolute Gasteiger partial charge is 0.307 e. The summed E-state index contributed by atoms with van der Waals surface area (Å²) < 4.78 is 0. The average molecular weight is 238 g/mol. The topological polar surface area (TPSA) is 24.9 Å². The van der Waals surface area contributed by atoms with Crippen LogP contribution in [0.15, 0.2) is 0 Å². The van der Waals surface area contributed by atoms with Gasteiger partial charge in [0.1, 0.15) is 0 Å². The van der Waals surface area contributed by atoms with Crippen LogP contribution in [0, 0.1) is 0 Å². The summed E-state index contributed by atoms with van der Waals surface area (Å²) in [5.74, 6) is 0. The van der Waals surface area contributed by atoms with Gasteiger partial charge in [-0.05, 0) is 39.0 Å². The summed E-state index contributed by atoms with van der Waals surface area (Å²) in [5, 5.41) is 5.04. The Morgan fingerprint density at radius 1 is 1.50 bits per heavy atom. The van der Waals surface area contributed by atoms with E-state index in [1.807, 2.05) is 11.3 Å². The van der Waals surface area contributed by atoms with E-state index in [2.05, 4.69) is 26.1 Å². The highest BCUT2D eigenvalue weighted by atomic mass is 32.1. The van der Waals surface area contributed by atoms with Crippen LogP contribution in [0.25, 0.3) is 0 Å². The highest BCUT2D eigenvalue weighted by Gasteiger charge is 2.24. The Hall–Kier alpha value is -0.410. The first-order valence-corrected chi connectivity index (χ1v) is 7.30. The molecule has 2 nitrogen and oxygen atoms in total. The Labute approximate surface area is 102 Å². The van der Waals surface area contributed by atoms with E-state index in [1.54, 1.807) is 0 Å². The third-order valence-corrected chi connectivity index (χ3v) is 4.75. The van der Waals surface area contributed by atoms with E-state index in [-0.39, 0.29) is 0 Å². The number of fused-ring (bicyclic) bond motifs is 1. The summed E-state index contributed by atoms with van der Waals surface area (Å²) >= 11 is 1.92. The van der Waals surface area contributed by atoms with Crippen molar-refractivity contribution in [3.8, 4) is 0 Å². The molecule has 0 saturated carbocycles. The van der Waals surface area contributed by atoms with Crippen LogP contribution in [-0.4, -0.2) is 11.0 Å². The van der Waals surface area contributed by atoms with Gasteiger partial charge in [-0.3, -0.25) is 0 Å². The van der Waals surface area contributed by atoms with Gasteiger partial charge in [0, 0.05) is 17.0 Å². The number of hydrogen-bond donors (Lipinski definition) is 1. The monoisotopic (exact) mass is 238 g/mol. The normalized spacial score (nSPS) is 21.8. The van der Waals surface area contributed by atoms with Gasteiger partial charge in [-0.2, -0.15) is 0 Å². The summed E-state index contributed by atoms with van der Waals surface area (Å²) in [6, 6.07) is 1.18. The van der Waals surface area contributed by atoms with Crippen molar-refractivity contribution in [1.82, 2.24) is 10.3 Å². The number of nitrogens with one attached hydrogen (secondary N) is 1. The van der Waals surface area contributed by atoms with Gasteiger partial charge in [0.15, 0.2) is 0 Å². The number of aromatic nitrogens is 1. The SMILES string of the molecule is CCc1nc2c(s1)C(NC(C)CC)CCC2. The van der Waals surface area contributed by atoms with E-state index in [0.717, 1.165) is 6.42 Å². The maximum absolute atomic E-state index is 4.73. The molecule has 3 heteroatoms. The van der Waals surface area contributed by atoms with Gasteiger partial charge in [0.25, 0.3) is 0 Å². The van der Waals surface area contributed by atoms with Gasteiger partial charge in [0.2, 0.25) is 0 Å². The van der Waals surface area contributed by atoms with Crippen molar-refractivity contribution in [1.29, 1.82) is 0 Å². The molecule has 90 valence electrons. The van der Waals surface area contributed by atoms with Crippen molar-refractivity contribution in [3.05, 3.63) is 15.6 Å². The first kappa shape index (κ1) is 12.1. The van der Waals surface area contributed by atoms with E-state index in [0.29, 0.717) is 12.1 Å². The summed E-state index contributed by atoms with van der Waals surface area (Å²) in [6.45, 7) is 6.71. The second-order valence-electron chi connectivity index (χ2n) is 4.69. The molecule has 0 radical (unpaired) electrons. The quantitative estimate of drug-likeness (QED) is 0.869. The van der Waals surface area contributed by atoms with Gasteiger partial charge in [-0.25, -0.2) is 4.98 Å². The lowest BCUT2D eigenvalue weighted by atomic mass is 9.97. The van der Waals surface area contributed by atoms with Crippen molar-refractivity contribution >= 4 is 11.3 Å². The molecule has 1 heterocycles. The van der Waals surface area contributed by atoms with Crippen molar-refractivity contribution in [2.45, 2.75) is 65.0 Å². The van der Waals surface area contributed by atoms with E-state index in [4.69, 9.17) is 4.98 Å². The van der Waals surface area contributed by atoms with Crippen molar-refractivity contribution in [2.24, 2.45) is 0 Å². The minimum atomic E-state index is 0.566. The van der Waals surface area contributed by atoms with Gasteiger partial charge in [0.05, 0.1) is 10.7 Å². The zero-order valence-corrected chi connectivity index (χ0v) is 11.4. The lowest BCUT2D eigenvalue weighted by Gasteiger charge is -2.25. The van der Waals surface area contributed by atoms with Crippen LogP contribution in [0.5, 0.6) is 0 Å². The smallest absolute Gasteiger partial charge is 0.0928 e. The van der Waals surface area contributed by atoms with Crippen LogP contribution in [0.1, 0.15) is 61.7 Å². The van der Waals surface area contributed by atoms with Crippen LogP contribution in [0.3, 0.4) is 0 Å². The maximum Gasteiger partial charge on any atom is 0.0928 e. The molecule has 1 aliphatic rings. The first-order valence-electron chi connectivity index (χ1n) is 6.49. The lowest BCUT2D eigenvalue weighted by Crippen LogP contribution is -2.31. The minimum absolute atomic E-state index is 0.566. The molecule has 1 aliphatic carbocycles. The molecule has 2 atom stereocenters. The molecule has 0 aromatic carbocycles. The number of nitrogens with zero attached hydrogens (tertiary/aromatic N) is 1. The number of thiazole rings is 1. The van der Waals surface area contributed by atoms with E-state index < -0.39 is 0 Å². The molecule has 2 unspecified atom stereocenters. The van der Waals surface area contributed by atoms with Crippen molar-refractivity contribution in [3.63, 3.8) is 0 Å². The summed E-state index contributed by atoms with van der Waals surface area (Å²) in [6.07, 6.45) is 6.03. The fourth-order valence-electron chi connectivity index (χ4n) is 2.24. The molecule has 0 amide bonds. The minimum Gasteiger partial charge on any atom is -0.307 e. The highest BCUT2D eigenvalue weighted by molar-refractivity contribution is 7.11. The molecule has 0 saturated heterocycles. The standard InChI is InChI=1S/C13H22N2S/c1-4-9(3)14-10-7-6-8-11-13(10)16-12(5-2)15-11/h9-10,14H,4-8H2,1-3H3. The van der Waals surface area contributed by atoms with Crippen LogP contribution < -0.4 is 5.32 Å². The fraction of sp³-hybridized carbons (Fsp3) is 0.769. The van der Waals surface area contributed by atoms with Crippen LogP contribution in [0.2, 0.25) is 0 Å². The Morgan fingerprint density at radius 3 is 3.00 bits per heavy atom. The molecule has 1 N–H and O–H groups in total. The molecule has 1 aromatic heterocycles. The average Bonchev–Trinajstić information content (AvgIpc) is 2.73. The first-order chi connectivity index (χ1) is 7.74. The molecule has 0 fully saturated rings. The van der Waals surface area contributed by atoms with Crippen LogP contribution in [0.4, 0.5) is 0 Å². The Bertz CT molecular complexity index is 346. The number of aryl methyl sites for hydroxylation is 2. The van der Waals surface area contributed by atoms with E-state index in [1.165, 1.54) is 41.3 Å². The predicted octanol–water partition coefficient (Wildman–Crippen LogP) is 3.47. The molecule has 0 spiro atoms. The second kappa shape index (κ2) is 5.28. The van der Waals surface area contributed by atoms with E-state index >= 15 is 0 Å². The van der Waals surface area contributed by atoms with Gasteiger partial charge in [-0.1, -0.05) is 13.8 Å². The number of rotatable bonds is 4. The highest BCUT2D eigenvalue weighted by Crippen LogP contribution is 2.34. The zero-order chi connectivity index (χ0) is 11.5. The molecule has 0 bridgehead atoms. The third-order valence-electron chi connectivity index (χ3n) is 3.40. The Kier molecular flexibility index (Phi) is 3.98. The number of hydrogen-bond acceptors (Lipinski definition) is 3. The van der Waals surface area contributed by atoms with Gasteiger partial charge >= 0.3 is 0 Å². The van der Waals surface area contributed by atoms with Crippen LogP contribution in [-0.2, 0) is 12.8 Å². The summed E-state index contributed by atoms with van der Waals surface area (Å²) in [7, 11) is 0. The van der Waals surface area contributed by atoms with Crippen molar-refractivity contribution < 1.29 is 0 Å². The molecular formula is C13H22N2S. The summed E-state index contributed by atoms with van der Waals surface area (Å²) in [4.78, 5) is 6.25. The predicted molar refractivity (Wildman–Crippen MR) is 70.1 cm³/mol. The fourth-order valence-corrected chi connectivity index (χ4v) is 3.39. The van der Waals surface area contributed by atoms with Crippen LogP contribution >= 0.6 is 11.3 Å². The molecule has 1 aromatic rings. The lowest BCUT2D eigenvalue weighted by molar-refractivity contribution is 0.406. The molecule has 0 aliphatic heterocycles. The third kappa shape index (κ3) is 2.46. The maximum atomic E-state index is 4.73. The van der Waals surface area contributed by atoms with E-state index in [9.17, 15) is 0 Å².